The summed E-state index contributed by atoms with van der Waals surface area (Å²) in [7, 11) is 0. The molecule has 0 bridgehead atoms. The standard InChI is InChI=1S/C50H33N5S/c1-2-12-28(13-3-1)30-15-10-16-31(26-30)44-49-47(33-18-6-9-23-41(33)56-49)54-50(53-44)55-40-27-37-42-34(43(40)36-25-24-29-14-4-5-17-32(29)48(36)55)19-11-20-35(42)45-46(37)52-39-22-8-7-21-38(39)51-45/h1-27,38,47,50-51,53-54H. The van der Waals surface area contributed by atoms with Crippen molar-refractivity contribution in [1.29, 1.82) is 0 Å². The number of thioether (sulfide) groups is 1. The molecule has 0 fully saturated rings. The molecule has 4 heterocycles. The third kappa shape index (κ3) is 4.23. The van der Waals surface area contributed by atoms with Crippen LogP contribution in [0.3, 0.4) is 0 Å². The van der Waals surface area contributed by atoms with Crippen LogP contribution in [0.1, 0.15) is 34.6 Å². The normalized spacial score (nSPS) is 20.3. The van der Waals surface area contributed by atoms with Gasteiger partial charge < -0.3 is 15.2 Å². The van der Waals surface area contributed by atoms with Gasteiger partial charge in [-0.1, -0.05) is 151 Å². The molecule has 7 aromatic carbocycles. The van der Waals surface area contributed by atoms with Crippen molar-refractivity contribution in [3.63, 3.8) is 0 Å². The van der Waals surface area contributed by atoms with Crippen LogP contribution in [0.25, 0.3) is 71.6 Å². The van der Waals surface area contributed by atoms with Gasteiger partial charge in [-0.3, -0.25) is 5.32 Å². The van der Waals surface area contributed by atoms with Crippen molar-refractivity contribution in [1.82, 2.24) is 20.5 Å². The van der Waals surface area contributed by atoms with Crippen LogP contribution in [0.2, 0.25) is 0 Å². The van der Waals surface area contributed by atoms with Crippen LogP contribution in [0, 0.1) is 0 Å². The Bertz CT molecular complexity index is 3220. The number of hydrogen-bond donors (Lipinski definition) is 3. The smallest absolute Gasteiger partial charge is 0.160 e. The van der Waals surface area contributed by atoms with Crippen molar-refractivity contribution in [2.45, 2.75) is 23.3 Å². The Labute approximate surface area is 327 Å². The quantitative estimate of drug-likeness (QED) is 0.169. The molecule has 6 heteroatoms. The Hall–Kier alpha value is -6.60. The molecule has 0 spiro atoms. The maximum absolute atomic E-state index is 5.36. The van der Waals surface area contributed by atoms with Gasteiger partial charge in [0.05, 0.1) is 45.9 Å². The number of allylic oxidation sites excluding steroid dienone is 2. The Balaban J connectivity index is 1.08. The lowest BCUT2D eigenvalue weighted by molar-refractivity contribution is 0.348. The summed E-state index contributed by atoms with van der Waals surface area (Å²) in [6.45, 7) is 0. The SMILES string of the molecule is C1=CC2=NC3=C(NC2C=C1)c1cccc2c1c3cc1c2c2ccc3ccccc3c2n1C1NC(c2cccc(-c3ccccc3)c2)=C2Sc3ccccc3C2N1. The first-order valence-corrected chi connectivity index (χ1v) is 20.1. The van der Waals surface area contributed by atoms with Gasteiger partial charge in [0, 0.05) is 42.5 Å². The fourth-order valence-electron chi connectivity index (χ4n) is 9.76. The minimum Gasteiger partial charge on any atom is -0.371 e. The summed E-state index contributed by atoms with van der Waals surface area (Å²) in [5.74, 6) is 0. The molecule has 0 radical (unpaired) electrons. The van der Waals surface area contributed by atoms with Crippen molar-refractivity contribution < 1.29 is 0 Å². The minimum absolute atomic E-state index is 0.0221. The van der Waals surface area contributed by atoms with E-state index in [1.165, 1.54) is 86.5 Å². The number of nitrogens with zero attached hydrogens (tertiary/aromatic N) is 2. The molecule has 5 aliphatic rings. The van der Waals surface area contributed by atoms with E-state index in [9.17, 15) is 0 Å². The number of rotatable bonds is 3. The molecule has 0 amide bonds. The van der Waals surface area contributed by atoms with Gasteiger partial charge in [-0.15, -0.1) is 0 Å². The molecule has 3 N–H and O–H groups in total. The molecule has 3 aliphatic heterocycles. The molecule has 8 aromatic rings. The van der Waals surface area contributed by atoms with Crippen LogP contribution in [0.15, 0.2) is 179 Å². The summed E-state index contributed by atoms with van der Waals surface area (Å²) in [5.41, 5.74) is 14.1. The maximum atomic E-state index is 5.36. The molecule has 264 valence electrons. The Morgan fingerprint density at radius 1 is 0.607 bits per heavy atom. The molecule has 2 aliphatic carbocycles. The summed E-state index contributed by atoms with van der Waals surface area (Å²) in [6.07, 6.45) is 8.25. The molecule has 0 saturated carbocycles. The summed E-state index contributed by atoms with van der Waals surface area (Å²) in [5, 5.41) is 19.7. The number of fused-ring (bicyclic) bond motifs is 12. The Kier molecular flexibility index (Phi) is 6.28. The zero-order chi connectivity index (χ0) is 36.5. The number of aromatic nitrogens is 1. The third-order valence-corrected chi connectivity index (χ3v) is 13.4. The van der Waals surface area contributed by atoms with Crippen LogP contribution in [-0.2, 0) is 0 Å². The maximum Gasteiger partial charge on any atom is 0.160 e. The number of nitrogens with one attached hydrogen (secondary N) is 3. The van der Waals surface area contributed by atoms with Crippen LogP contribution in [0.5, 0.6) is 0 Å². The van der Waals surface area contributed by atoms with Crippen LogP contribution in [0.4, 0.5) is 0 Å². The summed E-state index contributed by atoms with van der Waals surface area (Å²) < 4.78 is 2.55. The van der Waals surface area contributed by atoms with Gasteiger partial charge in [-0.05, 0) is 57.3 Å². The molecular weight excluding hydrogens is 703 g/mol. The number of aliphatic imine (C=N–C) groups is 1. The second-order valence-electron chi connectivity index (χ2n) is 15.2. The van der Waals surface area contributed by atoms with Crippen molar-refractivity contribution in [2.75, 3.05) is 0 Å². The van der Waals surface area contributed by atoms with E-state index >= 15 is 0 Å². The van der Waals surface area contributed by atoms with Gasteiger partial charge in [0.1, 0.15) is 0 Å². The lowest BCUT2D eigenvalue weighted by Gasteiger charge is -2.35. The first kappa shape index (κ1) is 30.7. The third-order valence-electron chi connectivity index (χ3n) is 12.2. The second-order valence-corrected chi connectivity index (χ2v) is 16.3. The fraction of sp³-hybridized carbons (Fsp3) is 0.0600. The molecular formula is C50H33N5S. The average Bonchev–Trinajstić information content (AvgIpc) is 3.91. The summed E-state index contributed by atoms with van der Waals surface area (Å²) >= 11 is 1.88. The molecule has 56 heavy (non-hydrogen) atoms. The molecule has 3 atom stereocenters. The van der Waals surface area contributed by atoms with E-state index in [0.717, 1.165) is 22.8 Å². The van der Waals surface area contributed by atoms with Crippen LogP contribution < -0.4 is 16.0 Å². The zero-order valence-electron chi connectivity index (χ0n) is 30.1. The van der Waals surface area contributed by atoms with Gasteiger partial charge >= 0.3 is 0 Å². The highest BCUT2D eigenvalue weighted by molar-refractivity contribution is 8.03. The zero-order valence-corrected chi connectivity index (χ0v) is 30.9. The van der Waals surface area contributed by atoms with E-state index in [2.05, 4.69) is 184 Å². The lowest BCUT2D eigenvalue weighted by Crippen LogP contribution is -2.43. The van der Waals surface area contributed by atoms with E-state index in [4.69, 9.17) is 4.99 Å². The van der Waals surface area contributed by atoms with Crippen LogP contribution in [-0.4, -0.2) is 16.3 Å². The fourth-order valence-corrected chi connectivity index (χ4v) is 11.0. The van der Waals surface area contributed by atoms with Gasteiger partial charge in [0.15, 0.2) is 6.29 Å². The van der Waals surface area contributed by atoms with Crippen molar-refractivity contribution in [3.05, 3.63) is 191 Å². The molecule has 1 aromatic heterocycles. The van der Waals surface area contributed by atoms with Gasteiger partial charge in [0.2, 0.25) is 0 Å². The first-order chi connectivity index (χ1) is 27.8. The van der Waals surface area contributed by atoms with E-state index in [1.807, 2.05) is 11.8 Å². The highest BCUT2D eigenvalue weighted by Gasteiger charge is 2.39. The topological polar surface area (TPSA) is 53.4 Å². The van der Waals surface area contributed by atoms with E-state index in [-0.39, 0.29) is 18.4 Å². The van der Waals surface area contributed by atoms with Crippen molar-refractivity contribution in [2.24, 2.45) is 4.99 Å². The predicted octanol–water partition coefficient (Wildman–Crippen LogP) is 11.3. The monoisotopic (exact) mass is 735 g/mol. The highest BCUT2D eigenvalue weighted by Crippen LogP contribution is 2.54. The Morgan fingerprint density at radius 2 is 1.43 bits per heavy atom. The Morgan fingerprint density at radius 3 is 2.39 bits per heavy atom. The molecule has 3 unspecified atom stereocenters. The highest BCUT2D eigenvalue weighted by atomic mass is 32.2. The summed E-state index contributed by atoms with van der Waals surface area (Å²) in [6, 6.07) is 51.3. The average molecular weight is 736 g/mol. The van der Waals surface area contributed by atoms with Gasteiger partial charge in [-0.25, -0.2) is 4.99 Å². The second kappa shape index (κ2) is 11.5. The van der Waals surface area contributed by atoms with Crippen molar-refractivity contribution in [3.8, 4) is 11.1 Å². The number of benzene rings is 7. The molecule has 13 rings (SSSR count). The largest absolute Gasteiger partial charge is 0.371 e. The molecule has 5 nitrogen and oxygen atoms in total. The molecule has 0 saturated heterocycles. The summed E-state index contributed by atoms with van der Waals surface area (Å²) in [4.78, 5) is 7.96. The van der Waals surface area contributed by atoms with E-state index in [0.29, 0.717) is 0 Å². The van der Waals surface area contributed by atoms with Gasteiger partial charge in [0.25, 0.3) is 0 Å². The predicted molar refractivity (Wildman–Crippen MR) is 233 cm³/mol. The lowest BCUT2D eigenvalue weighted by atomic mass is 9.97. The van der Waals surface area contributed by atoms with E-state index in [1.54, 1.807) is 0 Å². The van der Waals surface area contributed by atoms with Crippen molar-refractivity contribution >= 4 is 77.9 Å². The van der Waals surface area contributed by atoms with Gasteiger partial charge in [-0.2, -0.15) is 0 Å². The first-order valence-electron chi connectivity index (χ1n) is 19.3. The van der Waals surface area contributed by atoms with E-state index < -0.39 is 0 Å². The number of hydrogen-bond acceptors (Lipinski definition) is 5. The van der Waals surface area contributed by atoms with Crippen LogP contribution >= 0.6 is 11.8 Å². The minimum atomic E-state index is -0.272.